The van der Waals surface area contributed by atoms with Gasteiger partial charge in [0.15, 0.2) is 0 Å². The average Bonchev–Trinajstić information content (AvgIpc) is 2.54. The number of rotatable bonds is 5. The van der Waals surface area contributed by atoms with Gasteiger partial charge in [-0.05, 0) is 25.5 Å². The van der Waals surface area contributed by atoms with Crippen molar-refractivity contribution in [3.05, 3.63) is 41.1 Å². The second-order valence-corrected chi connectivity index (χ2v) is 5.32. The molecular formula is C17H21N3O3. The van der Waals surface area contributed by atoms with Crippen LogP contribution in [0.25, 0.3) is 10.9 Å². The van der Waals surface area contributed by atoms with Gasteiger partial charge in [0.2, 0.25) is 5.91 Å². The number of para-hydroxylation sites is 1. The van der Waals surface area contributed by atoms with Crippen molar-refractivity contribution in [2.75, 3.05) is 14.2 Å². The molecule has 1 aromatic carbocycles. The lowest BCUT2D eigenvalue weighted by molar-refractivity contribution is -0.122. The summed E-state index contributed by atoms with van der Waals surface area (Å²) in [7, 11) is 3.09. The van der Waals surface area contributed by atoms with Crippen molar-refractivity contribution in [3.63, 3.8) is 0 Å². The fourth-order valence-corrected chi connectivity index (χ4v) is 2.53. The highest BCUT2D eigenvalue weighted by atomic mass is 16.5. The van der Waals surface area contributed by atoms with E-state index in [1.165, 1.54) is 7.05 Å². The monoisotopic (exact) mass is 315 g/mol. The smallest absolute Gasteiger partial charge is 0.254 e. The third-order valence-corrected chi connectivity index (χ3v) is 3.72. The Labute approximate surface area is 135 Å². The van der Waals surface area contributed by atoms with Crippen LogP contribution in [0, 0.1) is 6.92 Å². The molecule has 0 unspecified atom stereocenters. The summed E-state index contributed by atoms with van der Waals surface area (Å²) in [6.07, 6.45) is 0. The number of nitrogens with zero attached hydrogens (tertiary/aromatic N) is 1. The number of carbonyl (C=O) groups is 2. The quantitative estimate of drug-likeness (QED) is 0.877. The molecule has 0 aliphatic carbocycles. The van der Waals surface area contributed by atoms with Crippen LogP contribution in [-0.2, 0) is 16.1 Å². The number of nitrogens with one attached hydrogen (secondary N) is 2. The van der Waals surface area contributed by atoms with Crippen molar-refractivity contribution in [3.8, 4) is 0 Å². The second kappa shape index (κ2) is 7.19. The van der Waals surface area contributed by atoms with Gasteiger partial charge in [-0.3, -0.25) is 9.59 Å². The van der Waals surface area contributed by atoms with Gasteiger partial charge in [0.1, 0.15) is 6.04 Å². The van der Waals surface area contributed by atoms with Crippen molar-refractivity contribution in [1.82, 2.24) is 15.6 Å². The minimum atomic E-state index is -0.631. The molecule has 1 atom stereocenters. The summed E-state index contributed by atoms with van der Waals surface area (Å²) < 4.78 is 5.17. The number of methoxy groups -OCH3 is 1. The molecule has 6 heteroatoms. The topological polar surface area (TPSA) is 80.3 Å². The molecule has 2 rings (SSSR count). The number of aromatic nitrogens is 1. The molecule has 0 aliphatic rings. The third kappa shape index (κ3) is 3.48. The standard InChI is InChI=1S/C17H21N3O3/c1-10-12-7-5-6-8-13(12)20-14(9-23-4)15(10)17(22)19-11(2)16(21)18-3/h5-8,11H,9H2,1-4H3,(H,18,21)(H,19,22)/t11-/m1/s1. The molecule has 0 bridgehead atoms. The van der Waals surface area contributed by atoms with Crippen LogP contribution in [0.15, 0.2) is 24.3 Å². The Bertz CT molecular complexity index is 743. The zero-order valence-electron chi connectivity index (χ0n) is 13.8. The van der Waals surface area contributed by atoms with Crippen molar-refractivity contribution in [1.29, 1.82) is 0 Å². The summed E-state index contributed by atoms with van der Waals surface area (Å²) in [6, 6.07) is 7.00. The maximum atomic E-state index is 12.6. The number of likely N-dealkylation sites (N-methyl/N-ethyl adjacent to an activating group) is 1. The lowest BCUT2D eigenvalue weighted by Gasteiger charge is -2.17. The van der Waals surface area contributed by atoms with Crippen molar-refractivity contribution < 1.29 is 14.3 Å². The van der Waals surface area contributed by atoms with Crippen molar-refractivity contribution >= 4 is 22.7 Å². The molecular weight excluding hydrogens is 294 g/mol. The molecule has 0 aliphatic heterocycles. The molecule has 1 aromatic heterocycles. The Morgan fingerprint density at radius 3 is 2.65 bits per heavy atom. The molecule has 0 radical (unpaired) electrons. The van der Waals surface area contributed by atoms with Gasteiger partial charge in [0.25, 0.3) is 5.91 Å². The maximum Gasteiger partial charge on any atom is 0.254 e. The van der Waals surface area contributed by atoms with E-state index in [2.05, 4.69) is 15.6 Å². The summed E-state index contributed by atoms with van der Waals surface area (Å²) in [4.78, 5) is 28.8. The normalized spacial score (nSPS) is 12.0. The van der Waals surface area contributed by atoms with E-state index in [-0.39, 0.29) is 18.4 Å². The Morgan fingerprint density at radius 2 is 2.00 bits per heavy atom. The van der Waals surface area contributed by atoms with Gasteiger partial charge < -0.3 is 15.4 Å². The van der Waals surface area contributed by atoms with Crippen LogP contribution in [0.4, 0.5) is 0 Å². The lowest BCUT2D eigenvalue weighted by atomic mass is 10.0. The van der Waals surface area contributed by atoms with Gasteiger partial charge in [-0.25, -0.2) is 4.98 Å². The number of carbonyl (C=O) groups excluding carboxylic acids is 2. The van der Waals surface area contributed by atoms with Gasteiger partial charge in [-0.1, -0.05) is 18.2 Å². The molecule has 0 spiro atoms. The highest BCUT2D eigenvalue weighted by molar-refractivity contribution is 6.03. The number of aryl methyl sites for hydroxylation is 1. The van der Waals surface area contributed by atoms with Crippen LogP contribution < -0.4 is 10.6 Å². The first-order chi connectivity index (χ1) is 11.0. The number of benzene rings is 1. The first kappa shape index (κ1) is 16.9. The molecule has 2 amide bonds. The van der Waals surface area contributed by atoms with Crippen LogP contribution in [0.1, 0.15) is 28.5 Å². The van der Waals surface area contributed by atoms with Crippen LogP contribution in [0.2, 0.25) is 0 Å². The summed E-state index contributed by atoms with van der Waals surface area (Å²) in [5.74, 6) is -0.582. The zero-order valence-corrected chi connectivity index (χ0v) is 13.8. The Hall–Kier alpha value is -2.47. The molecule has 1 heterocycles. The molecule has 2 N–H and O–H groups in total. The Morgan fingerprint density at radius 1 is 1.30 bits per heavy atom. The lowest BCUT2D eigenvalue weighted by Crippen LogP contribution is -2.44. The maximum absolute atomic E-state index is 12.6. The first-order valence-electron chi connectivity index (χ1n) is 7.39. The summed E-state index contributed by atoms with van der Waals surface area (Å²) in [5.41, 5.74) is 2.66. The molecule has 2 aromatic rings. The van der Waals surface area contributed by atoms with E-state index in [0.29, 0.717) is 11.3 Å². The van der Waals surface area contributed by atoms with Crippen LogP contribution in [0.5, 0.6) is 0 Å². The molecule has 6 nitrogen and oxygen atoms in total. The van der Waals surface area contributed by atoms with Crippen LogP contribution in [-0.4, -0.2) is 37.0 Å². The van der Waals surface area contributed by atoms with E-state index in [1.807, 2.05) is 31.2 Å². The zero-order chi connectivity index (χ0) is 17.0. The predicted molar refractivity (Wildman–Crippen MR) is 88.2 cm³/mol. The largest absolute Gasteiger partial charge is 0.378 e. The summed E-state index contributed by atoms with van der Waals surface area (Å²) in [6.45, 7) is 3.74. The van der Waals surface area contributed by atoms with Gasteiger partial charge in [0, 0.05) is 19.5 Å². The molecule has 0 fully saturated rings. The molecule has 122 valence electrons. The number of fused-ring (bicyclic) bond motifs is 1. The van der Waals surface area contributed by atoms with Crippen molar-refractivity contribution in [2.24, 2.45) is 0 Å². The second-order valence-electron chi connectivity index (χ2n) is 5.32. The first-order valence-corrected chi connectivity index (χ1v) is 7.39. The SMILES string of the molecule is CNC(=O)[C@@H](C)NC(=O)c1c(COC)nc2ccccc2c1C. The average molecular weight is 315 g/mol. The highest BCUT2D eigenvalue weighted by Gasteiger charge is 2.22. The molecule has 0 saturated heterocycles. The van der Waals surface area contributed by atoms with Crippen LogP contribution in [0.3, 0.4) is 0 Å². The number of ether oxygens (including phenoxy) is 1. The fourth-order valence-electron chi connectivity index (χ4n) is 2.53. The van der Waals surface area contributed by atoms with Gasteiger partial charge in [0.05, 0.1) is 23.4 Å². The van der Waals surface area contributed by atoms with Crippen LogP contribution >= 0.6 is 0 Å². The van der Waals surface area contributed by atoms with E-state index in [4.69, 9.17) is 4.74 Å². The Kier molecular flexibility index (Phi) is 5.28. The number of amides is 2. The fraction of sp³-hybridized carbons (Fsp3) is 0.353. The Balaban J connectivity index is 2.48. The minimum Gasteiger partial charge on any atom is -0.378 e. The number of hydrogen-bond acceptors (Lipinski definition) is 4. The van der Waals surface area contributed by atoms with Gasteiger partial charge in [-0.15, -0.1) is 0 Å². The van der Waals surface area contributed by atoms with Gasteiger partial charge >= 0.3 is 0 Å². The highest BCUT2D eigenvalue weighted by Crippen LogP contribution is 2.23. The number of hydrogen-bond donors (Lipinski definition) is 2. The van der Waals surface area contributed by atoms with Crippen molar-refractivity contribution in [2.45, 2.75) is 26.5 Å². The molecule has 23 heavy (non-hydrogen) atoms. The minimum absolute atomic E-state index is 0.225. The van der Waals surface area contributed by atoms with E-state index in [1.54, 1.807) is 14.0 Å². The van der Waals surface area contributed by atoms with E-state index >= 15 is 0 Å². The van der Waals surface area contributed by atoms with E-state index < -0.39 is 6.04 Å². The molecule has 0 saturated carbocycles. The van der Waals surface area contributed by atoms with E-state index in [0.717, 1.165) is 16.5 Å². The number of pyridine rings is 1. The summed E-state index contributed by atoms with van der Waals surface area (Å²) >= 11 is 0. The third-order valence-electron chi connectivity index (χ3n) is 3.72. The summed E-state index contributed by atoms with van der Waals surface area (Å²) in [5, 5.41) is 6.12. The van der Waals surface area contributed by atoms with Gasteiger partial charge in [-0.2, -0.15) is 0 Å². The van der Waals surface area contributed by atoms with E-state index in [9.17, 15) is 9.59 Å². The predicted octanol–water partition coefficient (Wildman–Crippen LogP) is 1.55.